The molecule has 0 aliphatic carbocycles. The first kappa shape index (κ1) is 20.0. The molecule has 0 amide bonds. The van der Waals surface area contributed by atoms with Gasteiger partial charge in [-0.2, -0.15) is 0 Å². The Hall–Kier alpha value is -0.0262. The molecule has 20 heavy (non-hydrogen) atoms. The summed E-state index contributed by atoms with van der Waals surface area (Å²) >= 11 is 0. The highest BCUT2D eigenvalue weighted by Crippen LogP contribution is 2.12. The van der Waals surface area contributed by atoms with Crippen LogP contribution in [0.15, 0.2) is 12.2 Å². The predicted octanol–water partition coefficient (Wildman–Crippen LogP) is 0.411. The number of epoxide rings is 1. The Morgan fingerprint density at radius 3 is 2.50 bits per heavy atom. The van der Waals surface area contributed by atoms with Crippen LogP contribution in [0.4, 0.5) is 0 Å². The molecule has 1 aliphatic heterocycles. The summed E-state index contributed by atoms with van der Waals surface area (Å²) in [5.41, 5.74) is 0. The van der Waals surface area contributed by atoms with Crippen LogP contribution in [-0.2, 0) is 22.8 Å². The summed E-state index contributed by atoms with van der Waals surface area (Å²) in [5, 5.41) is 0. The van der Waals surface area contributed by atoms with Crippen molar-refractivity contribution in [1.29, 1.82) is 0 Å². The van der Waals surface area contributed by atoms with E-state index in [1.165, 1.54) is 0 Å². The molecule has 0 aromatic heterocycles. The van der Waals surface area contributed by atoms with Crippen molar-refractivity contribution in [1.82, 2.24) is 0 Å². The second-order valence-electron chi connectivity index (χ2n) is 4.67. The summed E-state index contributed by atoms with van der Waals surface area (Å²) in [7, 11) is 0.832. The number of rotatable bonds is 11. The minimum atomic E-state index is -2.42. The summed E-state index contributed by atoms with van der Waals surface area (Å²) in [6.07, 6.45) is 5.51. The highest BCUT2D eigenvalue weighted by Gasteiger charge is 2.32. The molecule has 2 unspecified atom stereocenters. The molecule has 0 spiro atoms. The van der Waals surface area contributed by atoms with Gasteiger partial charge in [-0.25, -0.2) is 0 Å². The van der Waals surface area contributed by atoms with E-state index < -0.39 is 8.80 Å². The second kappa shape index (κ2) is 10.7. The highest BCUT2D eigenvalue weighted by molar-refractivity contribution is 6.59. The summed E-state index contributed by atoms with van der Waals surface area (Å²) in [5.74, 6) is 0.359. The van der Waals surface area contributed by atoms with Crippen LogP contribution in [-0.4, -0.2) is 66.5 Å². The molecule has 1 rings (SSSR count). The van der Waals surface area contributed by atoms with Crippen molar-refractivity contribution >= 4 is 19.8 Å². The molecule has 1 aliphatic rings. The predicted molar refractivity (Wildman–Crippen MR) is 86.4 cm³/mol. The molecule has 0 N–H and O–H groups in total. The van der Waals surface area contributed by atoms with E-state index in [0.29, 0.717) is 31.8 Å². The summed E-state index contributed by atoms with van der Waals surface area (Å²) in [4.78, 5) is 0. The summed E-state index contributed by atoms with van der Waals surface area (Å²) < 4.78 is 26.9. The van der Waals surface area contributed by atoms with Crippen molar-refractivity contribution < 1.29 is 22.8 Å². The van der Waals surface area contributed by atoms with Gasteiger partial charge >= 0.3 is 8.80 Å². The zero-order chi connectivity index (χ0) is 14.1. The van der Waals surface area contributed by atoms with Crippen LogP contribution in [0.3, 0.4) is 0 Å². The maximum absolute atomic E-state index is 5.77. The molecule has 7 heteroatoms. The maximum atomic E-state index is 5.77. The standard InChI is InChI=1S/C13H26O5Si.H4Si/c1-5-12(9-18-19(4,14-2)15-3)7-6-8-16-10-13-11-17-13;/h6-7,12-13H,5,8-11H2,1-4H3;1H4. The Morgan fingerprint density at radius 1 is 1.35 bits per heavy atom. The van der Waals surface area contributed by atoms with E-state index in [-0.39, 0.29) is 11.0 Å². The van der Waals surface area contributed by atoms with Crippen molar-refractivity contribution in [3.8, 4) is 0 Å². The minimum absolute atomic E-state index is 0. The first-order valence-corrected chi connectivity index (χ1v) is 8.96. The van der Waals surface area contributed by atoms with E-state index in [1.807, 2.05) is 12.6 Å². The molecule has 0 aromatic carbocycles. The Balaban J connectivity index is 0.00000361. The van der Waals surface area contributed by atoms with Crippen LogP contribution in [0, 0.1) is 5.92 Å². The van der Waals surface area contributed by atoms with E-state index in [0.717, 1.165) is 13.0 Å². The van der Waals surface area contributed by atoms with Crippen LogP contribution in [0.25, 0.3) is 0 Å². The molecule has 0 aromatic rings. The van der Waals surface area contributed by atoms with Crippen LogP contribution in [0.2, 0.25) is 6.55 Å². The van der Waals surface area contributed by atoms with Crippen molar-refractivity contribution in [3.05, 3.63) is 12.2 Å². The van der Waals surface area contributed by atoms with Crippen LogP contribution >= 0.6 is 0 Å². The highest BCUT2D eigenvalue weighted by atomic mass is 28.4. The third kappa shape index (κ3) is 8.30. The Kier molecular flexibility index (Phi) is 10.7. The zero-order valence-electron chi connectivity index (χ0n) is 12.4. The van der Waals surface area contributed by atoms with E-state index in [2.05, 4.69) is 13.0 Å². The number of ether oxygens (including phenoxy) is 2. The fourth-order valence-corrected chi connectivity index (χ4v) is 2.37. The summed E-state index contributed by atoms with van der Waals surface area (Å²) in [6, 6.07) is 0. The average Bonchev–Trinajstić information content (AvgIpc) is 3.25. The van der Waals surface area contributed by atoms with E-state index in [1.54, 1.807) is 14.2 Å². The van der Waals surface area contributed by atoms with Crippen LogP contribution in [0.1, 0.15) is 13.3 Å². The van der Waals surface area contributed by atoms with Gasteiger partial charge in [-0.1, -0.05) is 19.1 Å². The molecule has 1 saturated heterocycles. The van der Waals surface area contributed by atoms with Gasteiger partial charge in [0.05, 0.1) is 19.8 Å². The topological polar surface area (TPSA) is 49.5 Å². The monoisotopic (exact) mass is 322 g/mol. The van der Waals surface area contributed by atoms with Gasteiger partial charge in [0.1, 0.15) is 6.10 Å². The van der Waals surface area contributed by atoms with Gasteiger partial charge < -0.3 is 22.8 Å². The largest absolute Gasteiger partial charge is 0.497 e. The van der Waals surface area contributed by atoms with E-state index in [4.69, 9.17) is 22.8 Å². The summed E-state index contributed by atoms with van der Waals surface area (Å²) in [6.45, 7) is 6.79. The minimum Gasteiger partial charge on any atom is -0.377 e. The van der Waals surface area contributed by atoms with Gasteiger partial charge in [-0.3, -0.25) is 0 Å². The maximum Gasteiger partial charge on any atom is 0.497 e. The van der Waals surface area contributed by atoms with Gasteiger partial charge in [-0.15, -0.1) is 0 Å². The van der Waals surface area contributed by atoms with Gasteiger partial charge in [0, 0.05) is 27.4 Å². The molecule has 5 nitrogen and oxygen atoms in total. The third-order valence-corrected chi connectivity index (χ3v) is 5.33. The number of hydrogen-bond acceptors (Lipinski definition) is 5. The molecule has 0 bridgehead atoms. The molecule has 120 valence electrons. The first-order chi connectivity index (χ1) is 9.13. The third-order valence-electron chi connectivity index (χ3n) is 3.15. The lowest BCUT2D eigenvalue weighted by Crippen LogP contribution is -2.41. The smallest absolute Gasteiger partial charge is 0.377 e. The fraction of sp³-hybridized carbons (Fsp3) is 0.846. The normalized spacial score (nSPS) is 19.9. The SMILES string of the molecule is CCC(C=CCOCC1CO1)CO[Si](C)(OC)OC.[SiH4]. The van der Waals surface area contributed by atoms with Gasteiger partial charge in [0.15, 0.2) is 0 Å². The van der Waals surface area contributed by atoms with Crippen molar-refractivity contribution in [2.45, 2.75) is 26.0 Å². The second-order valence-corrected chi connectivity index (χ2v) is 7.50. The van der Waals surface area contributed by atoms with E-state index >= 15 is 0 Å². The van der Waals surface area contributed by atoms with Crippen LogP contribution in [0.5, 0.6) is 0 Å². The quantitative estimate of drug-likeness (QED) is 0.239. The number of hydrogen-bond donors (Lipinski definition) is 0. The van der Waals surface area contributed by atoms with Gasteiger partial charge in [0.2, 0.25) is 0 Å². The lowest BCUT2D eigenvalue weighted by atomic mass is 10.1. The van der Waals surface area contributed by atoms with E-state index in [9.17, 15) is 0 Å². The Labute approximate surface area is 128 Å². The Morgan fingerprint density at radius 2 is 2.00 bits per heavy atom. The lowest BCUT2D eigenvalue weighted by molar-refractivity contribution is 0.0943. The molecule has 1 fully saturated rings. The molecule has 1 heterocycles. The molecule has 2 atom stereocenters. The molecular weight excluding hydrogens is 292 g/mol. The zero-order valence-corrected chi connectivity index (χ0v) is 13.4. The first-order valence-electron chi connectivity index (χ1n) is 6.73. The van der Waals surface area contributed by atoms with Crippen molar-refractivity contribution in [3.63, 3.8) is 0 Å². The lowest BCUT2D eigenvalue weighted by Gasteiger charge is -2.24. The molecule has 0 radical (unpaired) electrons. The fourth-order valence-electron chi connectivity index (χ4n) is 1.45. The average molecular weight is 323 g/mol. The van der Waals surface area contributed by atoms with Crippen molar-refractivity contribution in [2.24, 2.45) is 5.92 Å². The Bertz CT molecular complexity index is 267. The van der Waals surface area contributed by atoms with Gasteiger partial charge in [-0.05, 0) is 23.3 Å². The van der Waals surface area contributed by atoms with Crippen molar-refractivity contribution in [2.75, 3.05) is 40.6 Å². The molecule has 0 saturated carbocycles. The van der Waals surface area contributed by atoms with Gasteiger partial charge in [0.25, 0.3) is 0 Å². The van der Waals surface area contributed by atoms with Crippen LogP contribution < -0.4 is 0 Å². The molecular formula is C13H30O5Si2.